The Morgan fingerprint density at radius 1 is 1.33 bits per heavy atom. The smallest absolute Gasteiger partial charge is 0.225 e. The lowest BCUT2D eigenvalue weighted by Gasteiger charge is -2.23. The van der Waals surface area contributed by atoms with E-state index < -0.39 is 0 Å². The van der Waals surface area contributed by atoms with E-state index in [2.05, 4.69) is 19.9 Å². The Kier molecular flexibility index (Phi) is 6.77. The molecule has 3 heteroatoms. The van der Waals surface area contributed by atoms with Crippen LogP contribution in [0.3, 0.4) is 0 Å². The first-order valence-electron chi connectivity index (χ1n) is 5.58. The van der Waals surface area contributed by atoms with E-state index in [-0.39, 0.29) is 11.8 Å². The number of amides is 1. The van der Waals surface area contributed by atoms with Gasteiger partial charge in [0.15, 0.2) is 0 Å². The van der Waals surface area contributed by atoms with Crippen molar-refractivity contribution in [2.75, 3.05) is 14.1 Å². The number of nitrogens with zero attached hydrogens (tertiary/aromatic N) is 2. The molecule has 0 saturated heterocycles. The third-order valence-corrected chi connectivity index (χ3v) is 2.62. The van der Waals surface area contributed by atoms with Crippen molar-refractivity contribution >= 4 is 5.91 Å². The van der Waals surface area contributed by atoms with Gasteiger partial charge < -0.3 is 4.90 Å². The first-order valence-corrected chi connectivity index (χ1v) is 5.58. The lowest BCUT2D eigenvalue weighted by molar-refractivity contribution is -0.134. The van der Waals surface area contributed by atoms with Crippen molar-refractivity contribution in [3.63, 3.8) is 0 Å². The molecule has 0 aliphatic carbocycles. The molecule has 3 nitrogen and oxygen atoms in total. The van der Waals surface area contributed by atoms with Gasteiger partial charge in [-0.25, -0.2) is 0 Å². The van der Waals surface area contributed by atoms with Gasteiger partial charge >= 0.3 is 0 Å². The summed E-state index contributed by atoms with van der Waals surface area (Å²) in [5.74, 6) is 0.697. The lowest BCUT2D eigenvalue weighted by Crippen LogP contribution is -2.32. The summed E-state index contributed by atoms with van der Waals surface area (Å²) in [6.45, 7) is 4.16. The van der Waals surface area contributed by atoms with Crippen molar-refractivity contribution < 1.29 is 4.79 Å². The van der Waals surface area contributed by atoms with Crippen molar-refractivity contribution in [1.29, 1.82) is 5.26 Å². The zero-order chi connectivity index (χ0) is 11.8. The van der Waals surface area contributed by atoms with Crippen LogP contribution < -0.4 is 0 Å². The Morgan fingerprint density at radius 2 is 1.93 bits per heavy atom. The Balaban J connectivity index is 4.07. The molecule has 0 aromatic carbocycles. The predicted octanol–water partition coefficient (Wildman–Crippen LogP) is 2.43. The average Bonchev–Trinajstić information content (AvgIpc) is 2.16. The molecule has 1 atom stereocenters. The normalized spacial score (nSPS) is 12.3. The second-order valence-electron chi connectivity index (χ2n) is 4.49. The zero-order valence-electron chi connectivity index (χ0n) is 10.3. The summed E-state index contributed by atoms with van der Waals surface area (Å²) in [7, 11) is 3.60. The van der Waals surface area contributed by atoms with E-state index in [1.165, 1.54) is 0 Å². The Bertz CT molecular complexity index is 228. The quantitative estimate of drug-likeness (QED) is 0.632. The maximum absolute atomic E-state index is 11.8. The number of nitriles is 1. The second kappa shape index (κ2) is 7.28. The van der Waals surface area contributed by atoms with E-state index in [0.29, 0.717) is 12.3 Å². The molecule has 0 heterocycles. The van der Waals surface area contributed by atoms with Crippen molar-refractivity contribution in [2.24, 2.45) is 11.8 Å². The molecule has 0 N–H and O–H groups in total. The SMILES string of the molecule is CC(C)C(CCCCC#N)C(=O)N(C)C. The van der Waals surface area contributed by atoms with Gasteiger partial charge in [-0.2, -0.15) is 5.26 Å². The van der Waals surface area contributed by atoms with Gasteiger partial charge in [0.2, 0.25) is 5.91 Å². The van der Waals surface area contributed by atoms with Crippen molar-refractivity contribution in [2.45, 2.75) is 39.5 Å². The van der Waals surface area contributed by atoms with Crippen LogP contribution in [0, 0.1) is 23.2 Å². The Labute approximate surface area is 93.1 Å². The van der Waals surface area contributed by atoms with E-state index in [9.17, 15) is 4.79 Å². The summed E-state index contributed by atoms with van der Waals surface area (Å²) in [4.78, 5) is 13.5. The van der Waals surface area contributed by atoms with Crippen LogP contribution in [0.15, 0.2) is 0 Å². The van der Waals surface area contributed by atoms with Crippen molar-refractivity contribution in [3.05, 3.63) is 0 Å². The molecule has 0 fully saturated rings. The maximum atomic E-state index is 11.8. The minimum absolute atomic E-state index is 0.110. The molecule has 0 aliphatic heterocycles. The number of rotatable bonds is 6. The first-order chi connectivity index (χ1) is 7.00. The third kappa shape index (κ3) is 5.41. The second-order valence-corrected chi connectivity index (χ2v) is 4.49. The standard InChI is InChI=1S/C12H22N2O/c1-10(2)11(12(15)14(3)4)8-6-5-7-9-13/h10-11H,5-8H2,1-4H3. The van der Waals surface area contributed by atoms with Crippen molar-refractivity contribution in [1.82, 2.24) is 4.90 Å². The minimum atomic E-state index is 0.110. The van der Waals surface area contributed by atoms with E-state index in [0.717, 1.165) is 19.3 Å². The molecule has 0 bridgehead atoms. The van der Waals surface area contributed by atoms with Crippen molar-refractivity contribution in [3.8, 4) is 6.07 Å². The molecule has 0 radical (unpaired) electrons. The fraction of sp³-hybridized carbons (Fsp3) is 0.833. The van der Waals surface area contributed by atoms with E-state index >= 15 is 0 Å². The topological polar surface area (TPSA) is 44.1 Å². The third-order valence-electron chi connectivity index (χ3n) is 2.62. The minimum Gasteiger partial charge on any atom is -0.349 e. The molecule has 15 heavy (non-hydrogen) atoms. The molecule has 1 amide bonds. The summed E-state index contributed by atoms with van der Waals surface area (Å²) >= 11 is 0. The maximum Gasteiger partial charge on any atom is 0.225 e. The molecule has 0 rings (SSSR count). The van der Waals surface area contributed by atoms with Crippen LogP contribution in [0.4, 0.5) is 0 Å². The van der Waals surface area contributed by atoms with Crippen LogP contribution in [-0.2, 0) is 4.79 Å². The molecule has 86 valence electrons. The van der Waals surface area contributed by atoms with Gasteiger partial charge in [-0.1, -0.05) is 20.3 Å². The molecule has 0 aliphatic rings. The van der Waals surface area contributed by atoms with Crippen LogP contribution in [-0.4, -0.2) is 24.9 Å². The molecule has 0 aromatic heterocycles. The average molecular weight is 210 g/mol. The number of hydrogen-bond acceptors (Lipinski definition) is 2. The molecule has 1 unspecified atom stereocenters. The van der Waals surface area contributed by atoms with E-state index in [4.69, 9.17) is 5.26 Å². The highest BCUT2D eigenvalue weighted by Gasteiger charge is 2.22. The van der Waals surface area contributed by atoms with Crippen LogP contribution in [0.1, 0.15) is 39.5 Å². The number of unbranched alkanes of at least 4 members (excludes halogenated alkanes) is 2. The van der Waals surface area contributed by atoms with E-state index in [1.54, 1.807) is 19.0 Å². The summed E-state index contributed by atoms with van der Waals surface area (Å²) in [5.41, 5.74) is 0. The highest BCUT2D eigenvalue weighted by atomic mass is 16.2. The fourth-order valence-electron chi connectivity index (χ4n) is 1.64. The fourth-order valence-corrected chi connectivity index (χ4v) is 1.64. The number of carbonyl (C=O) groups excluding carboxylic acids is 1. The van der Waals surface area contributed by atoms with Gasteiger partial charge in [0.05, 0.1) is 6.07 Å². The van der Waals surface area contributed by atoms with Gasteiger partial charge in [-0.05, 0) is 18.8 Å². The van der Waals surface area contributed by atoms with Gasteiger partial charge in [0.1, 0.15) is 0 Å². The van der Waals surface area contributed by atoms with Gasteiger partial charge in [0.25, 0.3) is 0 Å². The van der Waals surface area contributed by atoms with Gasteiger partial charge in [-0.3, -0.25) is 4.79 Å². The highest BCUT2D eigenvalue weighted by molar-refractivity contribution is 5.78. The van der Waals surface area contributed by atoms with Gasteiger partial charge in [0, 0.05) is 26.4 Å². The summed E-state index contributed by atoms with van der Waals surface area (Å²) < 4.78 is 0. The molecular formula is C12H22N2O. The summed E-state index contributed by atoms with van der Waals surface area (Å²) in [6.07, 6.45) is 3.37. The Morgan fingerprint density at radius 3 is 2.33 bits per heavy atom. The molecule has 0 aromatic rings. The lowest BCUT2D eigenvalue weighted by atomic mass is 9.89. The zero-order valence-corrected chi connectivity index (χ0v) is 10.3. The van der Waals surface area contributed by atoms with Gasteiger partial charge in [-0.15, -0.1) is 0 Å². The highest BCUT2D eigenvalue weighted by Crippen LogP contribution is 2.20. The predicted molar refractivity (Wildman–Crippen MR) is 61.1 cm³/mol. The van der Waals surface area contributed by atoms with E-state index in [1.807, 2.05) is 0 Å². The van der Waals surface area contributed by atoms with Crippen LogP contribution >= 0.6 is 0 Å². The molecule has 0 saturated carbocycles. The summed E-state index contributed by atoms with van der Waals surface area (Å²) in [5, 5.41) is 8.41. The largest absolute Gasteiger partial charge is 0.349 e. The van der Waals surface area contributed by atoms with Crippen LogP contribution in [0.2, 0.25) is 0 Å². The molecule has 0 spiro atoms. The number of hydrogen-bond donors (Lipinski definition) is 0. The summed E-state index contributed by atoms with van der Waals surface area (Å²) in [6, 6.07) is 2.13. The number of carbonyl (C=O) groups is 1. The molecular weight excluding hydrogens is 188 g/mol. The Hall–Kier alpha value is -1.04. The van der Waals surface area contributed by atoms with Crippen LogP contribution in [0.5, 0.6) is 0 Å². The first kappa shape index (κ1) is 14.0. The monoisotopic (exact) mass is 210 g/mol. The van der Waals surface area contributed by atoms with Crippen LogP contribution in [0.25, 0.3) is 0 Å².